The summed E-state index contributed by atoms with van der Waals surface area (Å²) < 4.78 is 10.7. The molecule has 0 aromatic rings. The van der Waals surface area contributed by atoms with Gasteiger partial charge in [-0.2, -0.15) is 0 Å². The van der Waals surface area contributed by atoms with Gasteiger partial charge in [0.2, 0.25) is 0 Å². The molecule has 0 saturated heterocycles. The van der Waals surface area contributed by atoms with Crippen LogP contribution in [0.25, 0.3) is 0 Å². The highest BCUT2D eigenvalue weighted by molar-refractivity contribution is 7.84. The Hall–Kier alpha value is -1.11. The van der Waals surface area contributed by atoms with Crippen LogP contribution in [-0.4, -0.2) is 57.9 Å². The molecule has 0 spiro atoms. The molecule has 0 aliphatic carbocycles. The Labute approximate surface area is 97.5 Å². The van der Waals surface area contributed by atoms with Gasteiger partial charge in [-0.05, 0) is 6.92 Å². The van der Waals surface area contributed by atoms with Crippen LogP contribution in [0.4, 0.5) is 4.79 Å². The maximum absolute atomic E-state index is 11.5. The Balaban J connectivity index is 3.91. The first-order chi connectivity index (χ1) is 7.47. The summed E-state index contributed by atoms with van der Waals surface area (Å²) in [5.41, 5.74) is 0. The van der Waals surface area contributed by atoms with E-state index in [9.17, 15) is 13.8 Å². The standard InChI is InChI=1S/C9H18N2O4S/c1-3-11(6-4-8(12)13)9(14)10-5-7-16(2)15/h3-7H2,1-2H3,(H,10,14)(H,12,13). The van der Waals surface area contributed by atoms with Gasteiger partial charge < -0.3 is 15.3 Å². The summed E-state index contributed by atoms with van der Waals surface area (Å²) in [6, 6.07) is -0.311. The van der Waals surface area contributed by atoms with Crippen LogP contribution in [0.5, 0.6) is 0 Å². The van der Waals surface area contributed by atoms with E-state index in [4.69, 9.17) is 5.11 Å². The van der Waals surface area contributed by atoms with Crippen molar-refractivity contribution in [2.75, 3.05) is 31.6 Å². The van der Waals surface area contributed by atoms with E-state index in [0.717, 1.165) is 0 Å². The van der Waals surface area contributed by atoms with Gasteiger partial charge in [-0.15, -0.1) is 0 Å². The normalized spacial score (nSPS) is 11.9. The summed E-state index contributed by atoms with van der Waals surface area (Å²) in [5, 5.41) is 11.1. The molecule has 0 saturated carbocycles. The Bertz CT molecular complexity index is 270. The summed E-state index contributed by atoms with van der Waals surface area (Å²) in [5.74, 6) is -0.525. The molecule has 0 bridgehead atoms. The van der Waals surface area contributed by atoms with Gasteiger partial charge in [0.1, 0.15) is 0 Å². The van der Waals surface area contributed by atoms with Crippen LogP contribution in [0.15, 0.2) is 0 Å². The largest absolute Gasteiger partial charge is 0.481 e. The average Bonchev–Trinajstić information content (AvgIpc) is 2.17. The molecule has 0 radical (unpaired) electrons. The molecule has 7 heteroatoms. The molecule has 16 heavy (non-hydrogen) atoms. The fourth-order valence-electron chi connectivity index (χ4n) is 1.05. The minimum absolute atomic E-state index is 0.0685. The highest BCUT2D eigenvalue weighted by atomic mass is 32.2. The highest BCUT2D eigenvalue weighted by Gasteiger charge is 2.11. The lowest BCUT2D eigenvalue weighted by atomic mass is 10.4. The molecule has 0 aromatic heterocycles. The van der Waals surface area contributed by atoms with E-state index in [2.05, 4.69) is 5.32 Å². The first-order valence-electron chi connectivity index (χ1n) is 5.02. The van der Waals surface area contributed by atoms with Crippen molar-refractivity contribution in [2.24, 2.45) is 0 Å². The first-order valence-corrected chi connectivity index (χ1v) is 6.74. The Morgan fingerprint density at radius 3 is 2.50 bits per heavy atom. The first kappa shape index (κ1) is 14.9. The number of nitrogens with one attached hydrogen (secondary N) is 1. The lowest BCUT2D eigenvalue weighted by molar-refractivity contribution is -0.137. The summed E-state index contributed by atoms with van der Waals surface area (Å²) in [6.45, 7) is 2.76. The molecule has 0 aromatic carbocycles. The van der Waals surface area contributed by atoms with Crippen LogP contribution in [-0.2, 0) is 15.6 Å². The van der Waals surface area contributed by atoms with Gasteiger partial charge in [0.15, 0.2) is 0 Å². The number of urea groups is 1. The van der Waals surface area contributed by atoms with Crippen molar-refractivity contribution in [3.05, 3.63) is 0 Å². The second-order valence-corrected chi connectivity index (χ2v) is 4.79. The monoisotopic (exact) mass is 250 g/mol. The maximum atomic E-state index is 11.5. The topological polar surface area (TPSA) is 86.7 Å². The molecule has 1 unspecified atom stereocenters. The summed E-state index contributed by atoms with van der Waals surface area (Å²) in [4.78, 5) is 23.2. The Morgan fingerprint density at radius 1 is 1.44 bits per heavy atom. The quantitative estimate of drug-likeness (QED) is 0.659. The van der Waals surface area contributed by atoms with Crippen LogP contribution in [0.3, 0.4) is 0 Å². The zero-order valence-electron chi connectivity index (χ0n) is 9.56. The molecular formula is C9H18N2O4S. The van der Waals surface area contributed by atoms with Crippen molar-refractivity contribution in [3.63, 3.8) is 0 Å². The second-order valence-electron chi connectivity index (χ2n) is 3.23. The summed E-state index contributed by atoms with van der Waals surface area (Å²) >= 11 is 0. The average molecular weight is 250 g/mol. The van der Waals surface area contributed by atoms with E-state index < -0.39 is 16.8 Å². The van der Waals surface area contributed by atoms with Crippen LogP contribution < -0.4 is 5.32 Å². The highest BCUT2D eigenvalue weighted by Crippen LogP contribution is 1.92. The predicted molar refractivity (Wildman–Crippen MR) is 61.8 cm³/mol. The lowest BCUT2D eigenvalue weighted by Gasteiger charge is -2.20. The van der Waals surface area contributed by atoms with Gasteiger partial charge in [0.25, 0.3) is 0 Å². The minimum Gasteiger partial charge on any atom is -0.481 e. The Kier molecular flexibility index (Phi) is 7.53. The third-order valence-electron chi connectivity index (χ3n) is 1.93. The van der Waals surface area contributed by atoms with Crippen molar-refractivity contribution in [1.82, 2.24) is 10.2 Å². The van der Waals surface area contributed by atoms with Gasteiger partial charge in [-0.1, -0.05) is 0 Å². The van der Waals surface area contributed by atoms with Crippen LogP contribution >= 0.6 is 0 Å². The number of hydrogen-bond donors (Lipinski definition) is 2. The molecule has 0 fully saturated rings. The van der Waals surface area contributed by atoms with Crippen molar-refractivity contribution in [3.8, 4) is 0 Å². The molecular weight excluding hydrogens is 232 g/mol. The third kappa shape index (κ3) is 7.22. The number of nitrogens with zero attached hydrogens (tertiary/aromatic N) is 1. The Morgan fingerprint density at radius 2 is 2.06 bits per heavy atom. The fraction of sp³-hybridized carbons (Fsp3) is 0.778. The van der Waals surface area contributed by atoms with E-state index in [-0.39, 0.29) is 19.0 Å². The number of carboxylic acids is 1. The lowest BCUT2D eigenvalue weighted by Crippen LogP contribution is -2.42. The summed E-state index contributed by atoms with van der Waals surface area (Å²) in [6.07, 6.45) is 1.50. The van der Waals surface area contributed by atoms with E-state index in [1.807, 2.05) is 0 Å². The van der Waals surface area contributed by atoms with Crippen LogP contribution in [0.2, 0.25) is 0 Å². The van der Waals surface area contributed by atoms with E-state index in [1.54, 1.807) is 13.2 Å². The van der Waals surface area contributed by atoms with E-state index in [0.29, 0.717) is 18.8 Å². The van der Waals surface area contributed by atoms with Crippen molar-refractivity contribution in [2.45, 2.75) is 13.3 Å². The maximum Gasteiger partial charge on any atom is 0.317 e. The van der Waals surface area contributed by atoms with Crippen molar-refractivity contribution < 1.29 is 18.9 Å². The molecule has 1 atom stereocenters. The fourth-order valence-corrected chi connectivity index (χ4v) is 1.44. The number of carboxylic acid groups (broad SMARTS) is 1. The zero-order valence-corrected chi connectivity index (χ0v) is 10.4. The van der Waals surface area contributed by atoms with Gasteiger partial charge in [0, 0.05) is 42.4 Å². The number of hydrogen-bond acceptors (Lipinski definition) is 3. The smallest absolute Gasteiger partial charge is 0.317 e. The van der Waals surface area contributed by atoms with E-state index in [1.165, 1.54) is 4.90 Å². The second kappa shape index (κ2) is 8.09. The molecule has 94 valence electrons. The molecule has 0 heterocycles. The summed E-state index contributed by atoms with van der Waals surface area (Å²) in [7, 11) is -0.936. The molecule has 2 amide bonds. The van der Waals surface area contributed by atoms with Crippen LogP contribution in [0, 0.1) is 0 Å². The zero-order chi connectivity index (χ0) is 12.6. The van der Waals surface area contributed by atoms with Gasteiger partial charge in [-0.3, -0.25) is 9.00 Å². The number of carbonyl (C=O) groups excluding carboxylic acids is 1. The van der Waals surface area contributed by atoms with E-state index >= 15 is 0 Å². The predicted octanol–water partition coefficient (Wildman–Crippen LogP) is -0.129. The third-order valence-corrected chi connectivity index (χ3v) is 2.71. The molecule has 2 N–H and O–H groups in total. The van der Waals surface area contributed by atoms with Gasteiger partial charge >= 0.3 is 12.0 Å². The van der Waals surface area contributed by atoms with Crippen molar-refractivity contribution in [1.29, 1.82) is 0 Å². The number of aliphatic carboxylic acids is 1. The van der Waals surface area contributed by atoms with Gasteiger partial charge in [-0.25, -0.2) is 4.79 Å². The van der Waals surface area contributed by atoms with Crippen LogP contribution in [0.1, 0.15) is 13.3 Å². The number of carbonyl (C=O) groups is 2. The molecule has 0 rings (SSSR count). The molecule has 6 nitrogen and oxygen atoms in total. The minimum atomic E-state index is -0.936. The molecule has 0 aliphatic heterocycles. The SMILES string of the molecule is CCN(CCC(=O)O)C(=O)NCCS(C)=O. The van der Waals surface area contributed by atoms with Gasteiger partial charge in [0.05, 0.1) is 6.42 Å². The molecule has 0 aliphatic rings. The van der Waals surface area contributed by atoms with Crippen molar-refractivity contribution >= 4 is 22.8 Å². The number of rotatable bonds is 7. The number of amides is 2.